The van der Waals surface area contributed by atoms with Crippen LogP contribution in [0.4, 0.5) is 8.78 Å². The monoisotopic (exact) mass is 2280 g/mol. The molecule has 32 heteroatoms. The van der Waals surface area contributed by atoms with Gasteiger partial charge in [0.15, 0.2) is 5.13 Å². The molecule has 0 N–H and O–H groups in total. The predicted octanol–water partition coefficient (Wildman–Crippen LogP) is 35.0. The number of ether oxygens (including phenoxy) is 8. The van der Waals surface area contributed by atoms with Gasteiger partial charge in [-0.05, 0) is 224 Å². The molecule has 6 aromatic carbocycles. The number of halogens is 9. The molecule has 0 saturated carbocycles. The molecule has 0 amide bonds. The number of carbonyl (C=O) groups excluding carboxylic acids is 5. The molecular weight excluding hydrogens is 2200 g/mol. The zero-order chi connectivity index (χ0) is 105. The van der Waals surface area contributed by atoms with E-state index >= 15 is 0 Å². The van der Waals surface area contributed by atoms with Crippen LogP contribution in [-0.4, -0.2) is 82.7 Å². The predicted molar refractivity (Wildman–Crippen MR) is 614 cm³/mol. The highest BCUT2D eigenvalue weighted by Crippen LogP contribution is 2.49. The third-order valence-electron chi connectivity index (χ3n) is 24.1. The lowest BCUT2D eigenvalue weighted by Crippen LogP contribution is -2.01. The summed E-state index contributed by atoms with van der Waals surface area (Å²) in [4.78, 5) is 69.3. The van der Waals surface area contributed by atoms with E-state index in [0.717, 1.165) is 183 Å². The molecule has 754 valence electrons. The fraction of sp³-hybridized carbons (Fsp3) is 0.120. The first-order chi connectivity index (χ1) is 71.9. The molecule has 0 fully saturated rings. The van der Waals surface area contributed by atoms with Crippen molar-refractivity contribution < 1.29 is 75.1 Å². The molecule has 0 saturated heterocycles. The van der Waals surface area contributed by atoms with Gasteiger partial charge in [-0.15, -0.1) is 102 Å². The van der Waals surface area contributed by atoms with Crippen LogP contribution >= 0.6 is 183 Å². The third-order valence-corrected chi connectivity index (χ3v) is 35.1. The topological polar surface area (TPSA) is 172 Å². The fourth-order valence-corrected chi connectivity index (χ4v) is 26.0. The van der Waals surface area contributed by atoms with Crippen molar-refractivity contribution in [3.05, 3.63) is 467 Å². The van der Waals surface area contributed by atoms with Gasteiger partial charge in [-0.2, -0.15) is 4.39 Å². The molecule has 0 spiro atoms. The Morgan fingerprint density at radius 1 is 0.268 bits per heavy atom. The number of benzene rings is 6. The normalized spacial score (nSPS) is 15.1. The first-order valence-electron chi connectivity index (χ1n) is 45.8. The van der Waals surface area contributed by atoms with Crippen molar-refractivity contribution in [1.82, 2.24) is 0 Å². The van der Waals surface area contributed by atoms with Gasteiger partial charge >= 0.3 is 29.8 Å². The first kappa shape index (κ1) is 108. The number of hydrogen-bond donors (Lipinski definition) is 0. The van der Waals surface area contributed by atoms with Gasteiger partial charge < -0.3 is 42.3 Å². The van der Waals surface area contributed by atoms with Crippen LogP contribution in [0.3, 0.4) is 0 Å². The first-order valence-corrected chi connectivity index (χ1v) is 55.9. The van der Waals surface area contributed by atoms with Crippen LogP contribution in [0.5, 0.6) is 0 Å². The van der Waals surface area contributed by atoms with Gasteiger partial charge in [0.05, 0.1) is 65.2 Å². The number of aryl methyl sites for hydroxylation is 5. The Hall–Kier alpha value is -12.3. The average molecular weight is 2290 g/mol. The molecule has 0 aliphatic carbocycles. The maximum atomic E-state index is 13.1. The highest BCUT2D eigenvalue weighted by atomic mass is 35.5. The highest BCUT2D eigenvalue weighted by Gasteiger charge is 2.36. The van der Waals surface area contributed by atoms with E-state index in [1.165, 1.54) is 96.7 Å². The van der Waals surface area contributed by atoms with E-state index < -0.39 is 0 Å². The molecule has 24 rings (SSSR count). The Kier molecular flexibility index (Phi) is 35.6. The zero-order valence-corrected chi connectivity index (χ0v) is 92.7. The van der Waals surface area contributed by atoms with Gasteiger partial charge in [-0.1, -0.05) is 246 Å². The van der Waals surface area contributed by atoms with E-state index in [4.69, 9.17) is 124 Å². The summed E-state index contributed by atoms with van der Waals surface area (Å²) in [6, 6.07) is 79.4. The van der Waals surface area contributed by atoms with E-state index in [2.05, 4.69) is 25.8 Å². The van der Waals surface area contributed by atoms with Crippen molar-refractivity contribution in [1.29, 1.82) is 0 Å². The van der Waals surface area contributed by atoms with E-state index in [-0.39, 0.29) is 47.4 Å². The standard InChI is InChI=1S/C16H13ClO2S.C15H10Cl2O2S.C15H10ClFOS.3C15H11ClO2S.C13H9FOS2.C13H10O2S/c1-9-4-3-5-11(10(9)2)15-12(8-19-16(15)18)13-6-7-14(17)20-13;1-8-3-2-4-9(14(8)17)13-10(7-19-15(13)18)11-5-6-12(16)20-11;1-9-15(10-2-4-11(17)5-3-10)12(8-18-9)13-6-7-14(16)19-13;2*1-9-3-2-4-10(7-9)14-11(8-18-15(14)17)12-5-6-13(16)19-12;1-9-4-2-3-5-10(9)14-11(8-18-15(14)17)12-6-7-13(16)19-12;1-8-13(11-3-2-6-16-11)9(7-15-8)10-4-5-12(14)17-10;1-9-13(12-5-3-7-16-12)10(8-15-9)11-4-2-6-14-11/h3-7H,8H2,1-2H3;2-6H,7H2,1H3;2-7H,1,8H2;3*2-7H,8H2,1H3;2-6H,1,7H2;2-7H,1,8H2. The Labute approximate surface area is 929 Å². The molecule has 0 unspecified atom stereocenters. The number of esters is 5. The molecule has 8 aliphatic rings. The number of allylic oxidation sites excluding steroid dienone is 3. The van der Waals surface area contributed by atoms with Crippen LogP contribution in [0.2, 0.25) is 31.0 Å². The number of thiophene rings is 9. The summed E-state index contributed by atoms with van der Waals surface area (Å²) < 4.78 is 78.3. The van der Waals surface area contributed by atoms with Crippen molar-refractivity contribution >= 4 is 302 Å². The quantitative estimate of drug-likeness (QED) is 0.0660. The molecule has 16 aromatic rings. The largest absolute Gasteiger partial charge is 0.489 e. The molecule has 0 radical (unpaired) electrons. The molecule has 14 nitrogen and oxygen atoms in total. The smallest absolute Gasteiger partial charge is 0.339 e. The van der Waals surface area contributed by atoms with Crippen molar-refractivity contribution in [3.8, 4) is 0 Å². The van der Waals surface area contributed by atoms with Crippen LogP contribution in [-0.2, 0) is 61.9 Å². The van der Waals surface area contributed by atoms with Gasteiger partial charge in [0.1, 0.15) is 81.7 Å². The van der Waals surface area contributed by atoms with Crippen LogP contribution in [0.1, 0.15) is 116 Å². The second-order valence-corrected chi connectivity index (χ2v) is 47.3. The van der Waals surface area contributed by atoms with Crippen molar-refractivity contribution in [2.75, 3.05) is 52.9 Å². The highest BCUT2D eigenvalue weighted by molar-refractivity contribution is 7.19. The summed E-state index contributed by atoms with van der Waals surface area (Å²) in [7, 11) is 0. The lowest BCUT2D eigenvalue weighted by atomic mass is 9.94. The molecule has 8 aliphatic heterocycles. The minimum atomic E-state index is -0.336. The minimum Gasteiger partial charge on any atom is -0.489 e. The van der Waals surface area contributed by atoms with E-state index in [0.29, 0.717) is 118 Å². The Morgan fingerprint density at radius 3 is 0.993 bits per heavy atom. The van der Waals surface area contributed by atoms with Crippen LogP contribution < -0.4 is 0 Å². The molecular formula is C117H85Cl7F2O14S9. The van der Waals surface area contributed by atoms with Crippen molar-refractivity contribution in [3.63, 3.8) is 0 Å². The summed E-state index contributed by atoms with van der Waals surface area (Å²) in [6.45, 7) is 26.8. The van der Waals surface area contributed by atoms with Gasteiger partial charge in [-0.25, -0.2) is 28.4 Å². The van der Waals surface area contributed by atoms with E-state index in [1.54, 1.807) is 47.1 Å². The minimum absolute atomic E-state index is 0.171. The number of rotatable bonds is 16. The lowest BCUT2D eigenvalue weighted by molar-refractivity contribution is -0.134. The van der Waals surface area contributed by atoms with Gasteiger partial charge in [0, 0.05) is 111 Å². The summed E-state index contributed by atoms with van der Waals surface area (Å²) in [5.74, 6) is 1.27. The SMILES string of the molecule is C=C1OCC(c2ccc(Cl)s2)=C1c1ccc(F)cc1.C=C1OCC(c2ccc(F)s2)=C1c1cccs1.C=C1OCC(c2ccco2)=C1c1cccs1.Cc1cccc(C2=C(c3ccc(Cl)s3)COC2=O)c1.Cc1cccc(C2=C(c3ccc(Cl)s3)COC2=O)c1.Cc1cccc(C2=C(c3ccc(Cl)s3)COC2=O)c1C.Cc1cccc(C2=C(c3ccc(Cl)s3)COC2=O)c1Cl.Cc1ccccc1C1=C(c2ccc(Cl)s2)COC1=O. The number of hydrogen-bond acceptors (Lipinski definition) is 23. The van der Waals surface area contributed by atoms with Gasteiger partial charge in [0.2, 0.25) is 0 Å². The number of cyclic esters (lactones) is 5. The Morgan fingerprint density at radius 2 is 0.604 bits per heavy atom. The Balaban J connectivity index is 0.000000116. The molecule has 149 heavy (non-hydrogen) atoms. The number of carbonyl (C=O) groups is 5. The average Bonchev–Trinajstić information content (AvgIpc) is 1.64. The zero-order valence-electron chi connectivity index (χ0n) is 80.1. The maximum absolute atomic E-state index is 13.1. The van der Waals surface area contributed by atoms with Crippen molar-refractivity contribution in [2.45, 2.75) is 41.5 Å². The second kappa shape index (κ2) is 49.2. The fourth-order valence-electron chi connectivity index (χ4n) is 16.9. The number of furan rings is 1. The van der Waals surface area contributed by atoms with Crippen molar-refractivity contribution in [2.24, 2.45) is 0 Å². The summed E-state index contributed by atoms with van der Waals surface area (Å²) in [5, 5.41) is 4.48. The molecule has 0 atom stereocenters. The molecule has 10 aromatic heterocycles. The molecule has 0 bridgehead atoms. The second-order valence-electron chi connectivity index (χ2n) is 33.7. The molecule has 18 heterocycles. The van der Waals surface area contributed by atoms with Crippen LogP contribution in [0.25, 0.3) is 89.2 Å². The van der Waals surface area contributed by atoms with Crippen LogP contribution in [0, 0.1) is 52.5 Å². The Bertz CT molecular complexity index is 7890. The van der Waals surface area contributed by atoms with Gasteiger partial charge in [0.25, 0.3) is 0 Å². The maximum Gasteiger partial charge on any atom is 0.339 e. The van der Waals surface area contributed by atoms with E-state index in [9.17, 15) is 32.8 Å². The lowest BCUT2D eigenvalue weighted by Gasteiger charge is -2.09. The van der Waals surface area contributed by atoms with Crippen LogP contribution in [0.15, 0.2) is 313 Å². The van der Waals surface area contributed by atoms with Gasteiger partial charge in [-0.3, -0.25) is 0 Å². The summed E-state index contributed by atoms with van der Waals surface area (Å²) in [5.41, 5.74) is 25.7. The summed E-state index contributed by atoms with van der Waals surface area (Å²) in [6.07, 6.45) is 1.68. The van der Waals surface area contributed by atoms with E-state index in [1.807, 2.05) is 265 Å². The third kappa shape index (κ3) is 25.4. The summed E-state index contributed by atoms with van der Waals surface area (Å²) >= 11 is 55.4.